The molecule has 9 aromatic rings. The van der Waals surface area contributed by atoms with E-state index in [2.05, 4.69) is 146 Å². The summed E-state index contributed by atoms with van der Waals surface area (Å²) in [6.07, 6.45) is 8.37. The van der Waals surface area contributed by atoms with Gasteiger partial charge < -0.3 is 8.98 Å². The Kier molecular flexibility index (Phi) is 7.47. The highest BCUT2D eigenvalue weighted by Crippen LogP contribution is 2.42. The second-order valence-corrected chi connectivity index (χ2v) is 12.1. The average molecular weight is 618 g/mol. The lowest BCUT2D eigenvalue weighted by atomic mass is 9.88. The third-order valence-corrected chi connectivity index (χ3v) is 9.39. The number of benzene rings is 7. The van der Waals surface area contributed by atoms with Crippen LogP contribution in [0.4, 0.5) is 0 Å². The summed E-state index contributed by atoms with van der Waals surface area (Å²) < 4.78 is 8.17. The molecule has 2 heteroatoms. The Morgan fingerprint density at radius 1 is 0.625 bits per heavy atom. The van der Waals surface area contributed by atoms with Gasteiger partial charge in [-0.25, -0.2) is 0 Å². The summed E-state index contributed by atoms with van der Waals surface area (Å²) in [6, 6.07) is 48.3. The summed E-state index contributed by atoms with van der Waals surface area (Å²) in [7, 11) is 0. The molecule has 7 aromatic carbocycles. The average Bonchev–Trinajstić information content (AvgIpc) is 3.80. The van der Waals surface area contributed by atoms with E-state index in [4.69, 9.17) is 4.42 Å². The summed E-state index contributed by atoms with van der Waals surface area (Å²) >= 11 is 0. The van der Waals surface area contributed by atoms with E-state index < -0.39 is 0 Å². The zero-order valence-electron chi connectivity index (χ0n) is 27.0. The number of rotatable bonds is 6. The molecule has 48 heavy (non-hydrogen) atoms. The maximum atomic E-state index is 5.80. The standard InChI is InChI=1S/C38H23NO.C8H12/c1-3-8-34-29(6-1)30-7-2-4-9-35(30)39(34)27-17-11-24(12-18-27)28-19-13-25-16-22-33-31(36-10-5-23-40-36)20-14-26-15-21-32(28)37(25)38(26)33;1-4-6-7-8(3)5-2/h1-23H;4,6-7H,1,3,5H2,2H3/b;7-6-. The lowest BCUT2D eigenvalue weighted by Gasteiger charge is -2.16. The molecule has 0 bridgehead atoms. The number of allylic oxidation sites excluding steroid dienone is 4. The first-order valence-electron chi connectivity index (χ1n) is 16.5. The summed E-state index contributed by atoms with van der Waals surface area (Å²) in [5.41, 5.74) is 8.37. The van der Waals surface area contributed by atoms with Gasteiger partial charge in [0.25, 0.3) is 0 Å². The van der Waals surface area contributed by atoms with E-state index in [1.165, 1.54) is 70.9 Å². The third-order valence-electron chi connectivity index (χ3n) is 9.39. The van der Waals surface area contributed by atoms with Gasteiger partial charge in [0.2, 0.25) is 0 Å². The molecular formula is C46H35NO. The molecule has 9 rings (SSSR count). The minimum Gasteiger partial charge on any atom is -0.464 e. The molecule has 2 heterocycles. The highest BCUT2D eigenvalue weighted by molar-refractivity contribution is 6.27. The van der Waals surface area contributed by atoms with E-state index in [-0.39, 0.29) is 0 Å². The van der Waals surface area contributed by atoms with Crippen molar-refractivity contribution < 1.29 is 4.42 Å². The fourth-order valence-corrected chi connectivity index (χ4v) is 7.01. The molecule has 0 aliphatic rings. The molecule has 2 nitrogen and oxygen atoms in total. The lowest BCUT2D eigenvalue weighted by molar-refractivity contribution is 0.583. The van der Waals surface area contributed by atoms with Crippen molar-refractivity contribution in [1.29, 1.82) is 0 Å². The van der Waals surface area contributed by atoms with E-state index in [1.54, 1.807) is 12.3 Å². The van der Waals surface area contributed by atoms with Gasteiger partial charge in [-0.15, -0.1) is 0 Å². The molecule has 0 fully saturated rings. The van der Waals surface area contributed by atoms with Crippen LogP contribution in [0.25, 0.3) is 82.3 Å². The molecule has 2 aromatic heterocycles. The van der Waals surface area contributed by atoms with Gasteiger partial charge in [-0.2, -0.15) is 0 Å². The normalized spacial score (nSPS) is 11.6. The van der Waals surface area contributed by atoms with Crippen LogP contribution in [0.2, 0.25) is 0 Å². The van der Waals surface area contributed by atoms with Gasteiger partial charge in [0.1, 0.15) is 5.76 Å². The van der Waals surface area contributed by atoms with Gasteiger partial charge in [-0.3, -0.25) is 0 Å². The zero-order valence-corrected chi connectivity index (χ0v) is 27.0. The first-order valence-corrected chi connectivity index (χ1v) is 16.5. The maximum Gasteiger partial charge on any atom is 0.134 e. The Morgan fingerprint density at radius 3 is 1.79 bits per heavy atom. The summed E-state index contributed by atoms with van der Waals surface area (Å²) in [6.45, 7) is 9.39. The Balaban J connectivity index is 0.000000377. The van der Waals surface area contributed by atoms with Gasteiger partial charge in [0.05, 0.1) is 17.3 Å². The van der Waals surface area contributed by atoms with Crippen LogP contribution < -0.4 is 0 Å². The lowest BCUT2D eigenvalue weighted by Crippen LogP contribution is -1.94. The molecule has 0 unspecified atom stereocenters. The SMILES string of the molecule is C=C/C=C\C(=C)CC.c1coc(-c2ccc3ccc4c(-c5ccc(-n6c7ccccc7c7ccccc76)cc5)ccc5ccc2c3c54)c1. The number of hydrogen-bond donors (Lipinski definition) is 0. The van der Waals surface area contributed by atoms with Crippen LogP contribution in [0.1, 0.15) is 13.3 Å². The largest absolute Gasteiger partial charge is 0.464 e. The maximum absolute atomic E-state index is 5.80. The van der Waals surface area contributed by atoms with Crippen LogP contribution in [0.3, 0.4) is 0 Å². The van der Waals surface area contributed by atoms with E-state index in [1.807, 2.05) is 24.3 Å². The second-order valence-electron chi connectivity index (χ2n) is 12.1. The first kappa shape index (κ1) is 29.3. The van der Waals surface area contributed by atoms with Crippen molar-refractivity contribution in [3.05, 3.63) is 177 Å². The van der Waals surface area contributed by atoms with Crippen LogP contribution in [0.15, 0.2) is 181 Å². The summed E-state index contributed by atoms with van der Waals surface area (Å²) in [5.74, 6) is 0.902. The van der Waals surface area contributed by atoms with Crippen LogP contribution in [0, 0.1) is 0 Å². The molecule has 230 valence electrons. The van der Waals surface area contributed by atoms with E-state index in [9.17, 15) is 0 Å². The van der Waals surface area contributed by atoms with Crippen LogP contribution in [-0.2, 0) is 0 Å². The predicted molar refractivity (Wildman–Crippen MR) is 206 cm³/mol. The van der Waals surface area contributed by atoms with Gasteiger partial charge in [0.15, 0.2) is 0 Å². The number of nitrogens with zero attached hydrogens (tertiary/aromatic N) is 1. The van der Waals surface area contributed by atoms with Crippen molar-refractivity contribution in [3.63, 3.8) is 0 Å². The van der Waals surface area contributed by atoms with Crippen LogP contribution in [-0.4, -0.2) is 4.57 Å². The Morgan fingerprint density at radius 2 is 1.21 bits per heavy atom. The second kappa shape index (κ2) is 12.2. The predicted octanol–water partition coefficient (Wildman–Crippen LogP) is 13.3. The van der Waals surface area contributed by atoms with Gasteiger partial charge in [-0.05, 0) is 92.3 Å². The molecule has 0 amide bonds. The molecule has 0 saturated carbocycles. The van der Waals surface area contributed by atoms with Gasteiger partial charge in [-0.1, -0.05) is 135 Å². The van der Waals surface area contributed by atoms with Crippen molar-refractivity contribution >= 4 is 54.1 Å². The summed E-state index contributed by atoms with van der Waals surface area (Å²) in [4.78, 5) is 0. The number of para-hydroxylation sites is 2. The van der Waals surface area contributed by atoms with Crippen molar-refractivity contribution in [2.24, 2.45) is 0 Å². The van der Waals surface area contributed by atoms with Crippen LogP contribution >= 0.6 is 0 Å². The molecule has 0 atom stereocenters. The quantitative estimate of drug-likeness (QED) is 0.134. The molecule has 0 spiro atoms. The highest BCUT2D eigenvalue weighted by Gasteiger charge is 2.16. The smallest absolute Gasteiger partial charge is 0.134 e. The monoisotopic (exact) mass is 617 g/mol. The van der Waals surface area contributed by atoms with Crippen molar-refractivity contribution in [2.45, 2.75) is 13.3 Å². The fraction of sp³-hybridized carbons (Fsp3) is 0.0435. The molecule has 0 saturated heterocycles. The number of aromatic nitrogens is 1. The molecule has 0 N–H and O–H groups in total. The van der Waals surface area contributed by atoms with Crippen molar-refractivity contribution in [2.75, 3.05) is 0 Å². The first-order chi connectivity index (χ1) is 23.7. The molecule has 0 radical (unpaired) electrons. The minimum atomic E-state index is 0.902. The number of fused-ring (bicyclic) bond motifs is 3. The van der Waals surface area contributed by atoms with Crippen LogP contribution in [0.5, 0.6) is 0 Å². The van der Waals surface area contributed by atoms with E-state index >= 15 is 0 Å². The fourth-order valence-electron chi connectivity index (χ4n) is 7.01. The summed E-state index contributed by atoms with van der Waals surface area (Å²) in [5, 5.41) is 10.2. The number of furan rings is 1. The van der Waals surface area contributed by atoms with Crippen molar-refractivity contribution in [3.8, 4) is 28.1 Å². The Labute approximate surface area is 280 Å². The molecule has 0 aliphatic heterocycles. The highest BCUT2D eigenvalue weighted by atomic mass is 16.3. The molecular weight excluding hydrogens is 583 g/mol. The van der Waals surface area contributed by atoms with E-state index in [0.29, 0.717) is 0 Å². The van der Waals surface area contributed by atoms with Gasteiger partial charge in [0, 0.05) is 22.0 Å². The number of hydrogen-bond acceptors (Lipinski definition) is 1. The Bertz CT molecular complexity index is 2560. The topological polar surface area (TPSA) is 18.1 Å². The minimum absolute atomic E-state index is 0.902. The van der Waals surface area contributed by atoms with Gasteiger partial charge >= 0.3 is 0 Å². The molecule has 0 aliphatic carbocycles. The zero-order chi connectivity index (χ0) is 32.6. The third kappa shape index (κ3) is 4.90. The Hall–Kier alpha value is -6.12. The van der Waals surface area contributed by atoms with Crippen molar-refractivity contribution in [1.82, 2.24) is 4.57 Å². The van der Waals surface area contributed by atoms with E-state index in [0.717, 1.165) is 23.3 Å².